The highest BCUT2D eigenvalue weighted by atomic mass is 16.5. The number of hydrogen-bond donors (Lipinski definition) is 1. The minimum atomic E-state index is 0.0157. The lowest BCUT2D eigenvalue weighted by atomic mass is 10.2. The first-order valence-electron chi connectivity index (χ1n) is 6.88. The molecule has 0 bridgehead atoms. The fraction of sp³-hybridized carbons (Fsp3) is 0.600. The van der Waals surface area contributed by atoms with Crippen molar-refractivity contribution in [2.45, 2.75) is 32.7 Å². The second-order valence-corrected chi connectivity index (χ2v) is 5.13. The highest BCUT2D eigenvalue weighted by Gasteiger charge is 2.21. The highest BCUT2D eigenvalue weighted by molar-refractivity contribution is 5.32. The van der Waals surface area contributed by atoms with Gasteiger partial charge in [0, 0.05) is 25.2 Å². The lowest BCUT2D eigenvalue weighted by Crippen LogP contribution is -2.46. The second kappa shape index (κ2) is 6.89. The molecule has 0 aromatic heterocycles. The summed E-state index contributed by atoms with van der Waals surface area (Å²) in [6.07, 6.45) is 0.571. The molecule has 1 heterocycles. The molecule has 2 rings (SSSR count). The van der Waals surface area contributed by atoms with Crippen molar-refractivity contribution in [3.05, 3.63) is 29.8 Å². The molecule has 0 aliphatic carbocycles. The van der Waals surface area contributed by atoms with Crippen LogP contribution in [0.4, 0.5) is 0 Å². The van der Waals surface area contributed by atoms with Crippen molar-refractivity contribution in [2.24, 2.45) is 0 Å². The Kier molecular flexibility index (Phi) is 5.19. The summed E-state index contributed by atoms with van der Waals surface area (Å²) in [6.45, 7) is 7.65. The van der Waals surface area contributed by atoms with E-state index in [1.807, 2.05) is 24.3 Å². The van der Waals surface area contributed by atoms with Crippen LogP contribution in [0.25, 0.3) is 0 Å². The number of hydrogen-bond acceptors (Lipinski definition) is 4. The predicted molar refractivity (Wildman–Crippen MR) is 74.3 cm³/mol. The maximum absolute atomic E-state index is 9.23. The number of aliphatic hydroxyl groups is 1. The summed E-state index contributed by atoms with van der Waals surface area (Å²) in [5.74, 6) is 0.777. The Balaban J connectivity index is 1.80. The lowest BCUT2D eigenvalue weighted by molar-refractivity contribution is -0.0699. The lowest BCUT2D eigenvalue weighted by Gasteiger charge is -2.35. The molecule has 1 aromatic rings. The van der Waals surface area contributed by atoms with Crippen LogP contribution < -0.4 is 4.74 Å². The summed E-state index contributed by atoms with van der Waals surface area (Å²) >= 11 is 0. The van der Waals surface area contributed by atoms with Crippen LogP contribution in [0.5, 0.6) is 5.75 Å². The third-order valence-electron chi connectivity index (χ3n) is 3.30. The van der Waals surface area contributed by atoms with Crippen LogP contribution in [0.15, 0.2) is 24.3 Å². The molecule has 2 atom stereocenters. The van der Waals surface area contributed by atoms with Crippen LogP contribution in [0.2, 0.25) is 0 Å². The van der Waals surface area contributed by atoms with E-state index in [1.165, 1.54) is 0 Å². The summed E-state index contributed by atoms with van der Waals surface area (Å²) < 4.78 is 11.5. The van der Waals surface area contributed by atoms with Crippen molar-refractivity contribution in [1.29, 1.82) is 0 Å². The minimum Gasteiger partial charge on any atom is -0.492 e. The molecule has 0 saturated carbocycles. The Labute approximate surface area is 114 Å². The van der Waals surface area contributed by atoms with E-state index in [9.17, 15) is 5.11 Å². The van der Waals surface area contributed by atoms with Gasteiger partial charge >= 0.3 is 0 Å². The average Bonchev–Trinajstić information content (AvgIpc) is 2.38. The second-order valence-electron chi connectivity index (χ2n) is 5.13. The van der Waals surface area contributed by atoms with Gasteiger partial charge < -0.3 is 14.6 Å². The molecule has 1 aliphatic heterocycles. The maximum atomic E-state index is 9.23. The fourth-order valence-electron chi connectivity index (χ4n) is 2.53. The van der Waals surface area contributed by atoms with Gasteiger partial charge in [-0.1, -0.05) is 18.2 Å². The molecular formula is C15H23NO3. The van der Waals surface area contributed by atoms with Gasteiger partial charge in [0.25, 0.3) is 0 Å². The summed E-state index contributed by atoms with van der Waals surface area (Å²) in [6, 6.07) is 7.61. The largest absolute Gasteiger partial charge is 0.492 e. The topological polar surface area (TPSA) is 41.9 Å². The van der Waals surface area contributed by atoms with Crippen molar-refractivity contribution >= 4 is 0 Å². The van der Waals surface area contributed by atoms with E-state index in [0.29, 0.717) is 6.61 Å². The molecule has 1 N–H and O–H groups in total. The van der Waals surface area contributed by atoms with Gasteiger partial charge in [0.15, 0.2) is 0 Å². The molecule has 0 radical (unpaired) electrons. The van der Waals surface area contributed by atoms with Gasteiger partial charge in [0.1, 0.15) is 12.4 Å². The average molecular weight is 265 g/mol. The van der Waals surface area contributed by atoms with Gasteiger partial charge in [-0.25, -0.2) is 0 Å². The van der Waals surface area contributed by atoms with Crippen LogP contribution in [0.1, 0.15) is 19.4 Å². The molecule has 4 nitrogen and oxygen atoms in total. The normalized spacial score (nSPS) is 24.4. The van der Waals surface area contributed by atoms with Crippen LogP contribution in [0.3, 0.4) is 0 Å². The number of nitrogens with zero attached hydrogens (tertiary/aromatic N) is 1. The molecule has 0 spiro atoms. The molecule has 1 aromatic carbocycles. The Hall–Kier alpha value is -1.10. The van der Waals surface area contributed by atoms with E-state index in [1.54, 1.807) is 0 Å². The van der Waals surface area contributed by atoms with E-state index in [-0.39, 0.29) is 18.8 Å². The quantitative estimate of drug-likeness (QED) is 0.879. The Morgan fingerprint density at radius 2 is 1.95 bits per heavy atom. The molecule has 106 valence electrons. The SMILES string of the molecule is C[C@@H]1CN(CCOc2ccccc2CO)C[C@@H](C)O1. The molecule has 0 unspecified atom stereocenters. The molecule has 4 heteroatoms. The van der Waals surface area contributed by atoms with E-state index in [4.69, 9.17) is 9.47 Å². The fourth-order valence-corrected chi connectivity index (χ4v) is 2.53. The minimum absolute atomic E-state index is 0.0157. The van der Waals surface area contributed by atoms with Gasteiger partial charge in [-0.15, -0.1) is 0 Å². The molecule has 1 saturated heterocycles. The number of ether oxygens (including phenoxy) is 2. The summed E-state index contributed by atoms with van der Waals surface area (Å²) in [7, 11) is 0. The van der Waals surface area contributed by atoms with Crippen LogP contribution in [-0.2, 0) is 11.3 Å². The number of para-hydroxylation sites is 1. The predicted octanol–water partition coefficient (Wildman–Crippen LogP) is 1.67. The van der Waals surface area contributed by atoms with Crippen molar-refractivity contribution in [2.75, 3.05) is 26.2 Å². The number of aliphatic hydroxyl groups excluding tert-OH is 1. The van der Waals surface area contributed by atoms with Crippen LogP contribution in [0, 0.1) is 0 Å². The first-order valence-corrected chi connectivity index (χ1v) is 6.88. The number of morpholine rings is 1. The van der Waals surface area contributed by atoms with Gasteiger partial charge in [0.2, 0.25) is 0 Å². The van der Waals surface area contributed by atoms with E-state index in [0.717, 1.165) is 30.9 Å². The van der Waals surface area contributed by atoms with Gasteiger partial charge in [-0.2, -0.15) is 0 Å². The Morgan fingerprint density at radius 3 is 2.63 bits per heavy atom. The summed E-state index contributed by atoms with van der Waals surface area (Å²) in [4.78, 5) is 2.36. The Bertz CT molecular complexity index is 387. The smallest absolute Gasteiger partial charge is 0.124 e. The third-order valence-corrected chi connectivity index (χ3v) is 3.30. The Morgan fingerprint density at radius 1 is 1.26 bits per heavy atom. The first kappa shape index (κ1) is 14.3. The van der Waals surface area contributed by atoms with Crippen LogP contribution >= 0.6 is 0 Å². The maximum Gasteiger partial charge on any atom is 0.124 e. The molecule has 1 aliphatic rings. The van der Waals surface area contributed by atoms with Crippen LogP contribution in [-0.4, -0.2) is 48.5 Å². The van der Waals surface area contributed by atoms with Gasteiger partial charge in [-0.05, 0) is 19.9 Å². The zero-order chi connectivity index (χ0) is 13.7. The van der Waals surface area contributed by atoms with Crippen molar-refractivity contribution < 1.29 is 14.6 Å². The zero-order valence-corrected chi connectivity index (χ0v) is 11.7. The van der Waals surface area contributed by atoms with Gasteiger partial charge in [-0.3, -0.25) is 4.90 Å². The highest BCUT2D eigenvalue weighted by Crippen LogP contribution is 2.18. The molecule has 0 amide bonds. The van der Waals surface area contributed by atoms with Crippen molar-refractivity contribution in [1.82, 2.24) is 4.90 Å². The van der Waals surface area contributed by atoms with E-state index in [2.05, 4.69) is 18.7 Å². The van der Waals surface area contributed by atoms with Crippen molar-refractivity contribution in [3.63, 3.8) is 0 Å². The van der Waals surface area contributed by atoms with Gasteiger partial charge in [0.05, 0.1) is 18.8 Å². The molecular weight excluding hydrogens is 242 g/mol. The summed E-state index contributed by atoms with van der Waals surface area (Å²) in [5, 5.41) is 9.23. The number of rotatable bonds is 5. The first-order chi connectivity index (χ1) is 9.19. The summed E-state index contributed by atoms with van der Waals surface area (Å²) in [5.41, 5.74) is 0.839. The van der Waals surface area contributed by atoms with E-state index >= 15 is 0 Å². The monoisotopic (exact) mass is 265 g/mol. The third kappa shape index (κ3) is 4.20. The van der Waals surface area contributed by atoms with E-state index < -0.39 is 0 Å². The molecule has 1 fully saturated rings. The molecule has 19 heavy (non-hydrogen) atoms. The van der Waals surface area contributed by atoms with Crippen molar-refractivity contribution in [3.8, 4) is 5.75 Å². The standard InChI is InChI=1S/C15H23NO3/c1-12-9-16(10-13(2)19-12)7-8-18-15-6-4-3-5-14(15)11-17/h3-6,12-13,17H,7-11H2,1-2H3/t12-,13-/m1/s1. The zero-order valence-electron chi connectivity index (χ0n) is 11.7. The number of benzene rings is 1.